The van der Waals surface area contributed by atoms with Gasteiger partial charge in [0.1, 0.15) is 10.7 Å². The van der Waals surface area contributed by atoms with Gasteiger partial charge < -0.3 is 0 Å². The minimum atomic E-state index is -4.16. The van der Waals surface area contributed by atoms with E-state index >= 15 is 0 Å². The van der Waals surface area contributed by atoms with Gasteiger partial charge in [-0.1, -0.05) is 12.8 Å². The van der Waals surface area contributed by atoms with Crippen LogP contribution in [0.5, 0.6) is 0 Å². The van der Waals surface area contributed by atoms with Gasteiger partial charge in [-0.2, -0.15) is 0 Å². The van der Waals surface area contributed by atoms with Crippen molar-refractivity contribution in [1.29, 1.82) is 0 Å². The molecule has 0 amide bonds. The fourth-order valence-corrected chi connectivity index (χ4v) is 3.57. The first-order valence-electron chi connectivity index (χ1n) is 6.00. The maximum Gasteiger partial charge on any atom is 0.240 e. The molecule has 1 aromatic rings. The van der Waals surface area contributed by atoms with E-state index in [1.807, 2.05) is 0 Å². The molecule has 0 bridgehead atoms. The molecule has 0 unspecified atom stereocenters. The summed E-state index contributed by atoms with van der Waals surface area (Å²) in [5.41, 5.74) is -0.0225. The van der Waals surface area contributed by atoms with E-state index in [0.717, 1.165) is 31.0 Å². The molecule has 0 saturated heterocycles. The predicted molar refractivity (Wildman–Crippen MR) is 72.5 cm³/mol. The van der Waals surface area contributed by atoms with Gasteiger partial charge >= 0.3 is 0 Å². The monoisotopic (exact) mass is 322 g/mol. The molecule has 1 aliphatic carbocycles. The number of sulfonamides is 2. The van der Waals surface area contributed by atoms with Gasteiger partial charge in [0.15, 0.2) is 0 Å². The lowest BCUT2D eigenvalue weighted by atomic mass is 10.3. The minimum absolute atomic E-state index is 0.0225. The van der Waals surface area contributed by atoms with Gasteiger partial charge in [0, 0.05) is 0 Å². The summed E-state index contributed by atoms with van der Waals surface area (Å²) >= 11 is 0. The standard InChI is InChI=1S/C11H15FN2O4S2/c12-10-7-9(3-4-11(10)20(13,17)18)14-19(15,16)6-5-8-1-2-8/h3-4,7-8,14H,1-2,5-6H2,(H2,13,17,18). The Morgan fingerprint density at radius 2 is 1.90 bits per heavy atom. The van der Waals surface area contributed by atoms with E-state index in [0.29, 0.717) is 12.3 Å². The molecule has 0 radical (unpaired) electrons. The molecule has 1 aromatic carbocycles. The number of halogens is 1. The number of nitrogens with one attached hydrogen (secondary N) is 1. The lowest BCUT2D eigenvalue weighted by Gasteiger charge is -2.09. The second-order valence-corrected chi connectivity index (χ2v) is 8.21. The van der Waals surface area contributed by atoms with Crippen LogP contribution in [0.1, 0.15) is 19.3 Å². The van der Waals surface area contributed by atoms with E-state index < -0.39 is 30.8 Å². The highest BCUT2D eigenvalue weighted by molar-refractivity contribution is 7.92. The summed E-state index contributed by atoms with van der Waals surface area (Å²) in [6.45, 7) is 0. The third-order valence-corrected chi connectivity index (χ3v) is 5.27. The summed E-state index contributed by atoms with van der Waals surface area (Å²) in [6, 6.07) is 2.90. The van der Waals surface area contributed by atoms with Crippen LogP contribution in [0.3, 0.4) is 0 Å². The summed E-state index contributed by atoms with van der Waals surface area (Å²) in [5, 5.41) is 4.82. The van der Waals surface area contributed by atoms with Crippen molar-refractivity contribution in [2.24, 2.45) is 11.1 Å². The Balaban J connectivity index is 2.11. The van der Waals surface area contributed by atoms with Crippen molar-refractivity contribution in [3.05, 3.63) is 24.0 Å². The molecule has 0 aromatic heterocycles. The number of benzene rings is 1. The Hall–Kier alpha value is -1.19. The predicted octanol–water partition coefficient (Wildman–Crippen LogP) is 1.01. The lowest BCUT2D eigenvalue weighted by molar-refractivity contribution is 0.568. The molecule has 1 saturated carbocycles. The highest BCUT2D eigenvalue weighted by atomic mass is 32.2. The van der Waals surface area contributed by atoms with E-state index in [1.165, 1.54) is 0 Å². The fourth-order valence-electron chi connectivity index (χ4n) is 1.75. The Kier molecular flexibility index (Phi) is 4.03. The molecule has 20 heavy (non-hydrogen) atoms. The molecule has 0 spiro atoms. The molecule has 1 aliphatic rings. The molecule has 9 heteroatoms. The van der Waals surface area contributed by atoms with E-state index in [2.05, 4.69) is 4.72 Å². The van der Waals surface area contributed by atoms with Crippen molar-refractivity contribution in [3.8, 4) is 0 Å². The quantitative estimate of drug-likeness (QED) is 0.815. The summed E-state index contributed by atoms with van der Waals surface area (Å²) in [7, 11) is -7.71. The van der Waals surface area contributed by atoms with Crippen molar-refractivity contribution in [2.75, 3.05) is 10.5 Å². The molecule has 112 valence electrons. The maximum absolute atomic E-state index is 13.6. The van der Waals surface area contributed by atoms with E-state index in [9.17, 15) is 21.2 Å². The second kappa shape index (κ2) is 5.30. The normalized spacial score (nSPS) is 16.1. The van der Waals surface area contributed by atoms with E-state index in [4.69, 9.17) is 5.14 Å². The van der Waals surface area contributed by atoms with Crippen LogP contribution in [0.4, 0.5) is 10.1 Å². The molecule has 6 nitrogen and oxygen atoms in total. The zero-order valence-electron chi connectivity index (χ0n) is 10.5. The Morgan fingerprint density at radius 1 is 1.25 bits per heavy atom. The van der Waals surface area contributed by atoms with Gasteiger partial charge in [-0.15, -0.1) is 0 Å². The molecular formula is C11H15FN2O4S2. The number of hydrogen-bond donors (Lipinski definition) is 2. The molecule has 0 heterocycles. The van der Waals surface area contributed by atoms with Gasteiger partial charge in [0.25, 0.3) is 0 Å². The third-order valence-electron chi connectivity index (χ3n) is 3.00. The first-order valence-corrected chi connectivity index (χ1v) is 9.20. The molecule has 2 rings (SSSR count). The van der Waals surface area contributed by atoms with Crippen molar-refractivity contribution in [3.63, 3.8) is 0 Å². The SMILES string of the molecule is NS(=O)(=O)c1ccc(NS(=O)(=O)CCC2CC2)cc1F. The highest BCUT2D eigenvalue weighted by Gasteiger charge is 2.24. The van der Waals surface area contributed by atoms with Crippen molar-refractivity contribution < 1.29 is 21.2 Å². The molecule has 0 aliphatic heterocycles. The third kappa shape index (κ3) is 4.15. The van der Waals surface area contributed by atoms with Crippen LogP contribution in [0.25, 0.3) is 0 Å². The molecule has 1 fully saturated rings. The second-order valence-electron chi connectivity index (χ2n) is 4.84. The largest absolute Gasteiger partial charge is 0.283 e. The van der Waals surface area contributed by atoms with Crippen LogP contribution >= 0.6 is 0 Å². The zero-order chi connectivity index (χ0) is 15.0. The average molecular weight is 322 g/mol. The number of nitrogens with two attached hydrogens (primary N) is 1. The minimum Gasteiger partial charge on any atom is -0.283 e. The fraction of sp³-hybridized carbons (Fsp3) is 0.455. The van der Waals surface area contributed by atoms with Crippen molar-refractivity contribution in [1.82, 2.24) is 0 Å². The highest BCUT2D eigenvalue weighted by Crippen LogP contribution is 2.32. The Morgan fingerprint density at radius 3 is 2.40 bits per heavy atom. The summed E-state index contributed by atoms with van der Waals surface area (Å²) in [4.78, 5) is -0.668. The first kappa shape index (κ1) is 15.2. The van der Waals surface area contributed by atoms with Crippen LogP contribution < -0.4 is 9.86 Å². The van der Waals surface area contributed by atoms with Gasteiger partial charge in [0.2, 0.25) is 20.0 Å². The van der Waals surface area contributed by atoms with E-state index in [1.54, 1.807) is 0 Å². The smallest absolute Gasteiger partial charge is 0.240 e. The van der Waals surface area contributed by atoms with Gasteiger partial charge in [0.05, 0.1) is 11.4 Å². The zero-order valence-corrected chi connectivity index (χ0v) is 12.2. The van der Waals surface area contributed by atoms with Crippen LogP contribution in [-0.2, 0) is 20.0 Å². The summed E-state index contributed by atoms with van der Waals surface area (Å²) < 4.78 is 61.3. The van der Waals surface area contributed by atoms with Crippen molar-refractivity contribution >= 4 is 25.7 Å². The van der Waals surface area contributed by atoms with Crippen LogP contribution in [0.2, 0.25) is 0 Å². The van der Waals surface area contributed by atoms with Crippen LogP contribution in [-0.4, -0.2) is 22.6 Å². The molecule has 3 N–H and O–H groups in total. The van der Waals surface area contributed by atoms with Gasteiger partial charge in [-0.05, 0) is 30.5 Å². The number of primary sulfonamides is 1. The van der Waals surface area contributed by atoms with Crippen LogP contribution in [0.15, 0.2) is 23.1 Å². The van der Waals surface area contributed by atoms with E-state index in [-0.39, 0.29) is 11.4 Å². The summed E-state index contributed by atoms with van der Waals surface area (Å²) in [5.74, 6) is -0.654. The van der Waals surface area contributed by atoms with Gasteiger partial charge in [-0.3, -0.25) is 4.72 Å². The first-order chi connectivity index (χ1) is 9.17. The Labute approximate surface area is 117 Å². The lowest BCUT2D eigenvalue weighted by Crippen LogP contribution is -2.18. The summed E-state index contributed by atoms with van der Waals surface area (Å²) in [6.07, 6.45) is 2.67. The molecule has 0 atom stereocenters. The van der Waals surface area contributed by atoms with Crippen LogP contribution in [0, 0.1) is 11.7 Å². The number of hydrogen-bond acceptors (Lipinski definition) is 4. The topological polar surface area (TPSA) is 106 Å². The van der Waals surface area contributed by atoms with Gasteiger partial charge in [-0.25, -0.2) is 26.4 Å². The van der Waals surface area contributed by atoms with Crippen molar-refractivity contribution in [2.45, 2.75) is 24.2 Å². The Bertz CT molecular complexity index is 712. The maximum atomic E-state index is 13.6. The number of anilines is 1. The molecular weight excluding hydrogens is 307 g/mol. The average Bonchev–Trinajstić information content (AvgIpc) is 3.07. The number of rotatable bonds is 6.